The molecular weight excluding hydrogens is 198 g/mol. The highest BCUT2D eigenvalue weighted by Gasteiger charge is 2.48. The van der Waals surface area contributed by atoms with E-state index in [1.807, 2.05) is 23.6 Å². The summed E-state index contributed by atoms with van der Waals surface area (Å²) in [5.74, 6) is -2.52. The third kappa shape index (κ3) is 2.16. The molecule has 0 aliphatic carbocycles. The smallest absolute Gasteiger partial charge is 0.275 e. The van der Waals surface area contributed by atoms with Crippen molar-refractivity contribution in [2.24, 2.45) is 0 Å². The topological polar surface area (TPSA) is 6.48 Å². The predicted molar refractivity (Wildman–Crippen MR) is 56.3 cm³/mol. The molecule has 4 heteroatoms. The summed E-state index contributed by atoms with van der Waals surface area (Å²) >= 11 is 0. The van der Waals surface area contributed by atoms with E-state index in [4.69, 9.17) is 0 Å². The number of halogens is 2. The summed E-state index contributed by atoms with van der Waals surface area (Å²) in [5, 5.41) is 0. The van der Waals surface area contributed by atoms with Gasteiger partial charge in [0.2, 0.25) is 0 Å². The van der Waals surface area contributed by atoms with Crippen molar-refractivity contribution >= 4 is 0 Å². The second-order valence-corrected chi connectivity index (χ2v) is 5.02. The van der Waals surface area contributed by atoms with Crippen molar-refractivity contribution in [3.63, 3.8) is 0 Å². The normalized spacial score (nSPS) is 33.0. The second kappa shape index (κ2) is 3.98. The Hall–Kier alpha value is -0.220. The molecule has 0 radical (unpaired) electrons. The third-order valence-corrected chi connectivity index (χ3v) is 3.65. The highest BCUT2D eigenvalue weighted by molar-refractivity contribution is 4.95. The predicted octanol–water partition coefficient (Wildman–Crippen LogP) is 1.81. The van der Waals surface area contributed by atoms with E-state index in [0.29, 0.717) is 6.42 Å². The van der Waals surface area contributed by atoms with Crippen molar-refractivity contribution in [3.8, 4) is 0 Å². The first-order valence-electron chi connectivity index (χ1n) is 5.86. The number of rotatable bonds is 2. The molecule has 88 valence electrons. The number of hydrogen-bond donors (Lipinski definition) is 0. The molecule has 2 saturated heterocycles. The first kappa shape index (κ1) is 11.3. The molecule has 15 heavy (non-hydrogen) atoms. The standard InChI is InChI=1S/C11H20F2N2/c1-9(2)15-7-4-10(11(12,13)8-15)14-5-3-6-14/h9-10H,3-8H2,1-2H3. The second-order valence-electron chi connectivity index (χ2n) is 5.02. The monoisotopic (exact) mass is 218 g/mol. The molecule has 0 aromatic rings. The first-order valence-corrected chi connectivity index (χ1v) is 5.86. The highest BCUT2D eigenvalue weighted by Crippen LogP contribution is 2.34. The fraction of sp³-hybridized carbons (Fsp3) is 1.00. The molecule has 2 rings (SSSR count). The first-order chi connectivity index (χ1) is 7.00. The molecule has 2 aliphatic rings. The number of piperidine rings is 1. The Morgan fingerprint density at radius 2 is 1.87 bits per heavy atom. The lowest BCUT2D eigenvalue weighted by Crippen LogP contribution is -2.62. The van der Waals surface area contributed by atoms with Gasteiger partial charge in [-0.25, -0.2) is 8.78 Å². The van der Waals surface area contributed by atoms with Crippen LogP contribution in [0, 0.1) is 0 Å². The van der Waals surface area contributed by atoms with Crippen LogP contribution in [0.2, 0.25) is 0 Å². The molecule has 2 fully saturated rings. The summed E-state index contributed by atoms with van der Waals surface area (Å²) < 4.78 is 27.7. The minimum atomic E-state index is -2.52. The quantitative estimate of drug-likeness (QED) is 0.697. The zero-order valence-electron chi connectivity index (χ0n) is 9.55. The van der Waals surface area contributed by atoms with Gasteiger partial charge in [-0.2, -0.15) is 0 Å². The van der Waals surface area contributed by atoms with E-state index in [1.54, 1.807) is 0 Å². The molecule has 1 atom stereocenters. The van der Waals surface area contributed by atoms with E-state index in [-0.39, 0.29) is 12.6 Å². The minimum absolute atomic E-state index is 0.0637. The van der Waals surface area contributed by atoms with Crippen molar-refractivity contribution in [2.45, 2.75) is 44.7 Å². The Morgan fingerprint density at radius 1 is 1.20 bits per heavy atom. The molecular formula is C11H20F2N2. The molecule has 0 amide bonds. The van der Waals surface area contributed by atoms with Crippen LogP contribution in [0.25, 0.3) is 0 Å². The van der Waals surface area contributed by atoms with Gasteiger partial charge in [0, 0.05) is 12.6 Å². The van der Waals surface area contributed by atoms with Gasteiger partial charge in [-0.3, -0.25) is 9.80 Å². The number of hydrogen-bond acceptors (Lipinski definition) is 2. The van der Waals surface area contributed by atoms with Crippen LogP contribution in [0.5, 0.6) is 0 Å². The fourth-order valence-corrected chi connectivity index (χ4v) is 2.50. The van der Waals surface area contributed by atoms with Gasteiger partial charge < -0.3 is 0 Å². The van der Waals surface area contributed by atoms with Crippen LogP contribution in [0.15, 0.2) is 0 Å². The van der Waals surface area contributed by atoms with Crippen LogP contribution < -0.4 is 0 Å². The average molecular weight is 218 g/mol. The lowest BCUT2D eigenvalue weighted by atomic mass is 9.95. The maximum atomic E-state index is 13.9. The zero-order valence-corrected chi connectivity index (χ0v) is 9.55. The van der Waals surface area contributed by atoms with Crippen molar-refractivity contribution in [3.05, 3.63) is 0 Å². The van der Waals surface area contributed by atoms with Crippen molar-refractivity contribution < 1.29 is 8.78 Å². The maximum Gasteiger partial charge on any atom is 0.275 e. The molecule has 1 unspecified atom stereocenters. The van der Waals surface area contributed by atoms with Gasteiger partial charge in [-0.15, -0.1) is 0 Å². The number of likely N-dealkylation sites (tertiary alicyclic amines) is 2. The molecule has 0 bridgehead atoms. The lowest BCUT2D eigenvalue weighted by molar-refractivity contribution is -0.143. The Kier molecular flexibility index (Phi) is 2.99. The van der Waals surface area contributed by atoms with E-state index in [0.717, 1.165) is 26.1 Å². The van der Waals surface area contributed by atoms with Gasteiger partial charge in [0.1, 0.15) is 0 Å². The fourth-order valence-electron chi connectivity index (χ4n) is 2.50. The summed E-state index contributed by atoms with van der Waals surface area (Å²) in [6.07, 6.45) is 1.70. The largest absolute Gasteiger partial charge is 0.295 e. The molecule has 2 aliphatic heterocycles. The molecule has 0 N–H and O–H groups in total. The third-order valence-electron chi connectivity index (χ3n) is 3.65. The summed E-state index contributed by atoms with van der Waals surface area (Å²) in [7, 11) is 0. The maximum absolute atomic E-state index is 13.9. The van der Waals surface area contributed by atoms with Crippen LogP contribution in [0.3, 0.4) is 0 Å². The Balaban J connectivity index is 1.99. The van der Waals surface area contributed by atoms with E-state index in [2.05, 4.69) is 0 Å². The summed E-state index contributed by atoms with van der Waals surface area (Å²) in [4.78, 5) is 3.83. The van der Waals surface area contributed by atoms with Gasteiger partial charge in [-0.05, 0) is 39.8 Å². The van der Waals surface area contributed by atoms with Gasteiger partial charge in [0.15, 0.2) is 0 Å². The van der Waals surface area contributed by atoms with Crippen molar-refractivity contribution in [1.29, 1.82) is 0 Å². The van der Waals surface area contributed by atoms with E-state index in [9.17, 15) is 8.78 Å². The Bertz CT molecular complexity index is 227. The van der Waals surface area contributed by atoms with Gasteiger partial charge in [0.25, 0.3) is 5.92 Å². The Labute approximate surface area is 90.2 Å². The summed E-state index contributed by atoms with van der Waals surface area (Å²) in [6.45, 7) is 6.45. The Morgan fingerprint density at radius 3 is 2.27 bits per heavy atom. The molecule has 0 spiro atoms. The zero-order chi connectivity index (χ0) is 11.1. The van der Waals surface area contributed by atoms with Gasteiger partial charge >= 0.3 is 0 Å². The molecule has 2 heterocycles. The van der Waals surface area contributed by atoms with E-state index >= 15 is 0 Å². The van der Waals surface area contributed by atoms with Crippen LogP contribution in [0.4, 0.5) is 8.78 Å². The van der Waals surface area contributed by atoms with Crippen LogP contribution in [0.1, 0.15) is 26.7 Å². The van der Waals surface area contributed by atoms with Gasteiger partial charge in [0.05, 0.1) is 12.6 Å². The minimum Gasteiger partial charge on any atom is -0.295 e. The van der Waals surface area contributed by atoms with Crippen LogP contribution in [-0.2, 0) is 0 Å². The number of nitrogens with zero attached hydrogens (tertiary/aromatic N) is 2. The van der Waals surface area contributed by atoms with Crippen LogP contribution in [-0.4, -0.2) is 54.0 Å². The van der Waals surface area contributed by atoms with Gasteiger partial charge in [-0.1, -0.05) is 0 Å². The average Bonchev–Trinajstić information content (AvgIpc) is 2.04. The molecule has 2 nitrogen and oxygen atoms in total. The molecule has 0 saturated carbocycles. The summed E-state index contributed by atoms with van der Waals surface area (Å²) in [6, 6.07) is -0.269. The highest BCUT2D eigenvalue weighted by atomic mass is 19.3. The van der Waals surface area contributed by atoms with E-state index in [1.165, 1.54) is 0 Å². The van der Waals surface area contributed by atoms with E-state index < -0.39 is 12.0 Å². The van der Waals surface area contributed by atoms with Crippen LogP contribution >= 0.6 is 0 Å². The SMILES string of the molecule is CC(C)N1CCC(N2CCC2)C(F)(F)C1. The molecule has 0 aromatic carbocycles. The lowest BCUT2D eigenvalue weighted by Gasteiger charge is -2.47. The van der Waals surface area contributed by atoms with Crippen molar-refractivity contribution in [2.75, 3.05) is 26.2 Å². The van der Waals surface area contributed by atoms with Crippen molar-refractivity contribution in [1.82, 2.24) is 9.80 Å². The number of alkyl halides is 2. The summed E-state index contributed by atoms with van der Waals surface area (Å²) in [5.41, 5.74) is 0. The molecule has 0 aromatic heterocycles.